The Morgan fingerprint density at radius 3 is 2.29 bits per heavy atom. The molecule has 3 N–H and O–H groups in total. The molecule has 0 fully saturated rings. The van der Waals surface area contributed by atoms with Crippen molar-refractivity contribution < 1.29 is 24.4 Å². The van der Waals surface area contributed by atoms with Crippen LogP contribution in [0.25, 0.3) is 0 Å². The fourth-order valence-electron chi connectivity index (χ4n) is 3.62. The van der Waals surface area contributed by atoms with Crippen molar-refractivity contribution in [2.24, 2.45) is 11.8 Å². The van der Waals surface area contributed by atoms with Crippen LogP contribution in [0.3, 0.4) is 0 Å². The van der Waals surface area contributed by atoms with E-state index in [-0.39, 0.29) is 17.5 Å². The smallest absolute Gasteiger partial charge is 0.307 e. The minimum absolute atomic E-state index is 0.0384. The average Bonchev–Trinajstić information content (AvgIpc) is 2.81. The first-order valence-corrected chi connectivity index (χ1v) is 11.5. The molecule has 0 bridgehead atoms. The van der Waals surface area contributed by atoms with Gasteiger partial charge in [0.05, 0.1) is 22.0 Å². The number of nitro groups is 1. The first-order valence-electron chi connectivity index (χ1n) is 10.7. The molecule has 2 amide bonds. The summed E-state index contributed by atoms with van der Waals surface area (Å²) in [6.45, 7) is 3.44. The van der Waals surface area contributed by atoms with E-state index in [9.17, 15) is 29.6 Å². The van der Waals surface area contributed by atoms with Crippen LogP contribution >= 0.6 is 11.8 Å². The number of carboxylic acid groups (broad SMARTS) is 1. The maximum Gasteiger partial charge on any atom is 0.307 e. The zero-order valence-electron chi connectivity index (χ0n) is 18.7. The third kappa shape index (κ3) is 6.22. The summed E-state index contributed by atoms with van der Waals surface area (Å²) in [5.41, 5.74) is 1.62. The number of aryl methyl sites for hydroxylation is 1. The van der Waals surface area contributed by atoms with E-state index in [1.54, 1.807) is 44.2 Å². The molecule has 0 saturated heterocycles. The second-order valence-electron chi connectivity index (χ2n) is 8.01. The quantitative estimate of drug-likeness (QED) is 0.215. The summed E-state index contributed by atoms with van der Waals surface area (Å²) in [5.74, 6) is -2.91. The van der Waals surface area contributed by atoms with Crippen LogP contribution in [0.1, 0.15) is 25.3 Å². The number of hydrogen-bond acceptors (Lipinski definition) is 6. The van der Waals surface area contributed by atoms with Crippen molar-refractivity contribution in [3.63, 3.8) is 0 Å². The number of carboxylic acids is 1. The van der Waals surface area contributed by atoms with Crippen LogP contribution in [0.2, 0.25) is 0 Å². The fraction of sp³-hybridized carbons (Fsp3) is 0.292. The Kier molecular flexibility index (Phi) is 8.06. The molecule has 0 heterocycles. The van der Waals surface area contributed by atoms with Crippen LogP contribution in [-0.4, -0.2) is 33.1 Å². The molecule has 0 aliphatic heterocycles. The highest BCUT2D eigenvalue weighted by atomic mass is 32.2. The number of carbonyl (C=O) groups excluding carboxylic acids is 2. The van der Waals surface area contributed by atoms with Gasteiger partial charge in [-0.25, -0.2) is 0 Å². The number of benzene rings is 2. The third-order valence-corrected chi connectivity index (χ3v) is 6.68. The van der Waals surface area contributed by atoms with E-state index in [0.717, 1.165) is 4.90 Å². The molecule has 0 radical (unpaired) electrons. The molecular formula is C24H25N3O6S. The summed E-state index contributed by atoms with van der Waals surface area (Å²) in [7, 11) is 0. The van der Waals surface area contributed by atoms with Crippen LogP contribution in [0, 0.1) is 28.9 Å². The Hall–Kier alpha value is -3.66. The molecule has 2 aromatic carbocycles. The molecule has 10 heteroatoms. The van der Waals surface area contributed by atoms with Crippen molar-refractivity contribution in [3.8, 4) is 0 Å². The van der Waals surface area contributed by atoms with Crippen LogP contribution < -0.4 is 10.6 Å². The van der Waals surface area contributed by atoms with E-state index in [1.165, 1.54) is 30.0 Å². The maximum atomic E-state index is 12.6. The van der Waals surface area contributed by atoms with Gasteiger partial charge in [-0.1, -0.05) is 12.2 Å². The summed E-state index contributed by atoms with van der Waals surface area (Å²) in [6, 6.07) is 11.2. The molecule has 1 aliphatic rings. The highest BCUT2D eigenvalue weighted by Crippen LogP contribution is 2.29. The van der Waals surface area contributed by atoms with Crippen LogP contribution in [0.4, 0.5) is 17.1 Å². The second-order valence-corrected chi connectivity index (χ2v) is 9.43. The highest BCUT2D eigenvalue weighted by Gasteiger charge is 2.33. The lowest BCUT2D eigenvalue weighted by Crippen LogP contribution is -2.34. The average molecular weight is 484 g/mol. The van der Waals surface area contributed by atoms with Gasteiger partial charge in [-0.15, -0.1) is 11.8 Å². The lowest BCUT2D eigenvalue weighted by atomic mass is 9.82. The molecule has 3 atom stereocenters. The number of aliphatic carboxylic acids is 1. The van der Waals surface area contributed by atoms with E-state index in [2.05, 4.69) is 10.6 Å². The van der Waals surface area contributed by atoms with Gasteiger partial charge in [0.15, 0.2) is 0 Å². The normalized spacial score (nSPS) is 18.1. The lowest BCUT2D eigenvalue weighted by Gasteiger charge is -2.24. The van der Waals surface area contributed by atoms with Gasteiger partial charge in [0.2, 0.25) is 11.8 Å². The number of nitrogens with one attached hydrogen (secondary N) is 2. The Bertz CT molecular complexity index is 1130. The van der Waals surface area contributed by atoms with E-state index >= 15 is 0 Å². The first-order chi connectivity index (χ1) is 16.2. The van der Waals surface area contributed by atoms with E-state index in [0.29, 0.717) is 29.8 Å². The molecule has 3 unspecified atom stereocenters. The van der Waals surface area contributed by atoms with E-state index < -0.39 is 28.0 Å². The van der Waals surface area contributed by atoms with Crippen molar-refractivity contribution in [1.29, 1.82) is 0 Å². The zero-order chi connectivity index (χ0) is 24.8. The number of nitro benzene ring substituents is 1. The summed E-state index contributed by atoms with van der Waals surface area (Å²) in [4.78, 5) is 47.8. The number of thioether (sulfide) groups is 1. The second kappa shape index (κ2) is 11.0. The number of rotatable bonds is 8. The van der Waals surface area contributed by atoms with Crippen molar-refractivity contribution >= 4 is 46.6 Å². The van der Waals surface area contributed by atoms with Crippen molar-refractivity contribution in [2.75, 3.05) is 10.6 Å². The van der Waals surface area contributed by atoms with Gasteiger partial charge >= 0.3 is 5.97 Å². The third-order valence-electron chi connectivity index (χ3n) is 5.57. The van der Waals surface area contributed by atoms with Gasteiger partial charge in [-0.05, 0) is 62.6 Å². The highest BCUT2D eigenvalue weighted by molar-refractivity contribution is 8.00. The monoisotopic (exact) mass is 483 g/mol. The fourth-order valence-corrected chi connectivity index (χ4v) is 4.49. The minimum atomic E-state index is -0.979. The Morgan fingerprint density at radius 2 is 1.71 bits per heavy atom. The largest absolute Gasteiger partial charge is 0.481 e. The molecule has 178 valence electrons. The minimum Gasteiger partial charge on any atom is -0.481 e. The van der Waals surface area contributed by atoms with Gasteiger partial charge in [-0.3, -0.25) is 24.5 Å². The number of hydrogen-bond donors (Lipinski definition) is 3. The summed E-state index contributed by atoms with van der Waals surface area (Å²) in [5, 5.41) is 25.3. The van der Waals surface area contributed by atoms with Gasteiger partial charge in [0.25, 0.3) is 5.69 Å². The molecule has 0 saturated carbocycles. The first kappa shape index (κ1) is 25.0. The van der Waals surface area contributed by atoms with Crippen LogP contribution in [0.5, 0.6) is 0 Å². The number of amides is 2. The van der Waals surface area contributed by atoms with Gasteiger partial charge in [0, 0.05) is 28.4 Å². The molecule has 34 heavy (non-hydrogen) atoms. The lowest BCUT2D eigenvalue weighted by molar-refractivity contribution is -0.384. The molecule has 1 aliphatic carbocycles. The number of nitrogens with zero attached hydrogens (tertiary/aromatic N) is 1. The molecular weight excluding hydrogens is 458 g/mol. The Labute approximate surface area is 200 Å². The molecule has 9 nitrogen and oxygen atoms in total. The molecule has 0 aromatic heterocycles. The van der Waals surface area contributed by atoms with Gasteiger partial charge in [-0.2, -0.15) is 0 Å². The number of anilines is 2. The standard InChI is InChI=1S/C24H25N3O6S/c1-14-13-17(27(32)33)9-12-21(14)26-22(28)15(2)34-18-10-7-16(8-11-18)25-23(29)19-5-3-4-6-20(19)24(30)31/h3-4,7-13,15,19-20H,5-6H2,1-2H3,(H,25,29)(H,26,28)(H,30,31). The number of non-ortho nitro benzene ring substituents is 1. The summed E-state index contributed by atoms with van der Waals surface area (Å²) >= 11 is 1.32. The topological polar surface area (TPSA) is 139 Å². The number of carbonyl (C=O) groups is 3. The number of allylic oxidation sites excluding steroid dienone is 2. The maximum absolute atomic E-state index is 12.6. The van der Waals surface area contributed by atoms with Crippen LogP contribution in [-0.2, 0) is 14.4 Å². The predicted molar refractivity (Wildman–Crippen MR) is 130 cm³/mol. The van der Waals surface area contributed by atoms with Crippen LogP contribution in [0.15, 0.2) is 59.5 Å². The van der Waals surface area contributed by atoms with Gasteiger partial charge in [0.1, 0.15) is 0 Å². The summed E-state index contributed by atoms with van der Waals surface area (Å²) in [6.07, 6.45) is 4.34. The zero-order valence-corrected chi connectivity index (χ0v) is 19.5. The van der Waals surface area contributed by atoms with E-state index in [4.69, 9.17) is 0 Å². The molecule has 3 rings (SSSR count). The Balaban J connectivity index is 1.57. The van der Waals surface area contributed by atoms with Crippen molar-refractivity contribution in [3.05, 3.63) is 70.3 Å². The summed E-state index contributed by atoms with van der Waals surface area (Å²) < 4.78 is 0. The SMILES string of the molecule is Cc1cc([N+](=O)[O-])ccc1NC(=O)C(C)Sc1ccc(NC(=O)C2CC=CCC2C(=O)O)cc1. The molecule has 2 aromatic rings. The van der Waals surface area contributed by atoms with Crippen molar-refractivity contribution in [1.82, 2.24) is 0 Å². The van der Waals surface area contributed by atoms with Crippen molar-refractivity contribution in [2.45, 2.75) is 36.8 Å². The predicted octanol–water partition coefficient (Wildman–Crippen LogP) is 4.63. The molecule has 0 spiro atoms. The van der Waals surface area contributed by atoms with Gasteiger partial charge < -0.3 is 15.7 Å². The Morgan fingerprint density at radius 1 is 1.06 bits per heavy atom. The van der Waals surface area contributed by atoms with E-state index in [1.807, 2.05) is 6.08 Å².